The minimum absolute atomic E-state index is 0.274. The first-order chi connectivity index (χ1) is 21.5. The van der Waals surface area contributed by atoms with Crippen LogP contribution in [-0.4, -0.2) is 27.2 Å². The van der Waals surface area contributed by atoms with Gasteiger partial charge in [0.15, 0.2) is 0 Å². The average molecular weight is 596 g/mol. The van der Waals surface area contributed by atoms with Crippen LogP contribution < -0.4 is 9.47 Å². The van der Waals surface area contributed by atoms with Gasteiger partial charge in [0, 0.05) is 16.5 Å². The van der Waals surface area contributed by atoms with Crippen molar-refractivity contribution >= 4 is 31.6 Å². The molecule has 0 amide bonds. The molecule has 0 aliphatic carbocycles. The predicted molar refractivity (Wildman–Crippen MR) is 177 cm³/mol. The van der Waals surface area contributed by atoms with E-state index in [2.05, 4.69) is 65.2 Å². The molecule has 0 aliphatic rings. The van der Waals surface area contributed by atoms with Gasteiger partial charge in [0.1, 0.15) is 11.5 Å². The predicted octanol–water partition coefficient (Wildman–Crippen LogP) is 8.97. The fraction of sp³-hybridized carbons (Fsp3) is 0.0526. The summed E-state index contributed by atoms with van der Waals surface area (Å²) in [7, 11) is -0.224. The van der Waals surface area contributed by atoms with Gasteiger partial charge in [-0.05, 0) is 95.1 Å². The highest BCUT2D eigenvalue weighted by molar-refractivity contribution is 7.91. The van der Waals surface area contributed by atoms with Crippen molar-refractivity contribution in [3.05, 3.63) is 140 Å². The van der Waals surface area contributed by atoms with Crippen molar-refractivity contribution in [1.29, 1.82) is 0 Å². The summed E-state index contributed by atoms with van der Waals surface area (Å²) in [6.07, 6.45) is 0. The summed E-state index contributed by atoms with van der Waals surface area (Å²) >= 11 is 0. The first kappa shape index (κ1) is 27.5. The Balaban J connectivity index is 1.27. The number of benzene rings is 6. The van der Waals surface area contributed by atoms with E-state index in [1.807, 2.05) is 42.5 Å². The molecule has 0 radical (unpaired) electrons. The molecule has 0 N–H and O–H groups in total. The zero-order valence-corrected chi connectivity index (χ0v) is 25.1. The lowest BCUT2D eigenvalue weighted by Gasteiger charge is -2.13. The van der Waals surface area contributed by atoms with Crippen LogP contribution in [0.5, 0.6) is 11.5 Å². The molecular weight excluding hydrogens is 566 g/mol. The third kappa shape index (κ3) is 4.70. The van der Waals surface area contributed by atoms with Crippen molar-refractivity contribution in [1.82, 2.24) is 4.57 Å². The molecule has 1 aromatic heterocycles. The Morgan fingerprint density at radius 2 is 0.955 bits per heavy atom. The summed E-state index contributed by atoms with van der Waals surface area (Å²) in [4.78, 5) is 0.561. The molecule has 216 valence electrons. The van der Waals surface area contributed by atoms with Crippen LogP contribution in [0.2, 0.25) is 0 Å². The fourth-order valence-electron chi connectivity index (χ4n) is 5.84. The number of methoxy groups -OCH3 is 2. The zero-order valence-electron chi connectivity index (χ0n) is 24.3. The van der Waals surface area contributed by atoms with Crippen LogP contribution in [0, 0.1) is 0 Å². The van der Waals surface area contributed by atoms with Gasteiger partial charge < -0.3 is 14.0 Å². The van der Waals surface area contributed by atoms with Crippen LogP contribution in [0.3, 0.4) is 0 Å². The van der Waals surface area contributed by atoms with Gasteiger partial charge in [0.2, 0.25) is 9.84 Å². The minimum Gasteiger partial charge on any atom is -0.497 e. The Hall–Kier alpha value is -5.33. The molecule has 0 spiro atoms. The molecule has 6 heteroatoms. The van der Waals surface area contributed by atoms with Crippen molar-refractivity contribution in [2.75, 3.05) is 14.2 Å². The number of hydrogen-bond acceptors (Lipinski definition) is 4. The van der Waals surface area contributed by atoms with Gasteiger partial charge >= 0.3 is 0 Å². The maximum absolute atomic E-state index is 13.1. The second-order valence-electron chi connectivity index (χ2n) is 10.5. The zero-order chi connectivity index (χ0) is 30.3. The lowest BCUT2D eigenvalue weighted by molar-refractivity contribution is 0.415. The van der Waals surface area contributed by atoms with E-state index in [-0.39, 0.29) is 9.79 Å². The van der Waals surface area contributed by atoms with E-state index < -0.39 is 9.84 Å². The Labute approximate surface area is 256 Å². The Bertz CT molecular complexity index is 2170. The molecule has 5 nitrogen and oxygen atoms in total. The highest BCUT2D eigenvalue weighted by atomic mass is 32.2. The number of nitrogens with zero attached hydrogens (tertiary/aromatic N) is 1. The van der Waals surface area contributed by atoms with E-state index in [4.69, 9.17) is 9.47 Å². The summed E-state index contributed by atoms with van der Waals surface area (Å²) in [5.74, 6) is 1.61. The van der Waals surface area contributed by atoms with Crippen molar-refractivity contribution in [2.45, 2.75) is 9.79 Å². The van der Waals surface area contributed by atoms with Gasteiger partial charge in [-0.1, -0.05) is 66.7 Å². The summed E-state index contributed by atoms with van der Waals surface area (Å²) in [5.41, 5.74) is 7.29. The minimum atomic E-state index is -3.58. The number of hydrogen-bond donors (Lipinski definition) is 0. The molecule has 0 saturated heterocycles. The summed E-state index contributed by atoms with van der Waals surface area (Å²) in [6, 6.07) is 44.6. The molecular formula is C38H29NO4S. The molecule has 7 rings (SSSR count). The normalized spacial score (nSPS) is 11.6. The molecule has 0 unspecified atom stereocenters. The Morgan fingerprint density at radius 1 is 0.500 bits per heavy atom. The monoisotopic (exact) mass is 595 g/mol. The molecule has 0 aliphatic heterocycles. The van der Waals surface area contributed by atoms with Gasteiger partial charge in [0.25, 0.3) is 0 Å². The van der Waals surface area contributed by atoms with E-state index in [1.165, 1.54) is 0 Å². The quantitative estimate of drug-likeness (QED) is 0.185. The summed E-state index contributed by atoms with van der Waals surface area (Å²) in [5, 5.41) is 2.18. The second kappa shape index (κ2) is 11.1. The summed E-state index contributed by atoms with van der Waals surface area (Å²) in [6.45, 7) is 0. The van der Waals surface area contributed by atoms with Gasteiger partial charge in [-0.15, -0.1) is 0 Å². The van der Waals surface area contributed by atoms with Gasteiger partial charge in [-0.3, -0.25) is 0 Å². The largest absolute Gasteiger partial charge is 0.497 e. The number of sulfone groups is 1. The van der Waals surface area contributed by atoms with Crippen molar-refractivity contribution in [3.8, 4) is 39.4 Å². The van der Waals surface area contributed by atoms with Gasteiger partial charge in [0.05, 0.1) is 35.0 Å². The average Bonchev–Trinajstić information content (AvgIpc) is 3.41. The van der Waals surface area contributed by atoms with Crippen molar-refractivity contribution < 1.29 is 17.9 Å². The Morgan fingerprint density at radius 3 is 1.45 bits per heavy atom. The number of fused-ring (bicyclic) bond motifs is 3. The third-order valence-electron chi connectivity index (χ3n) is 8.07. The maximum Gasteiger partial charge on any atom is 0.206 e. The maximum atomic E-state index is 13.1. The van der Waals surface area contributed by atoms with E-state index in [0.717, 1.165) is 61.2 Å². The van der Waals surface area contributed by atoms with Gasteiger partial charge in [-0.25, -0.2) is 8.42 Å². The van der Waals surface area contributed by atoms with Crippen molar-refractivity contribution in [2.24, 2.45) is 0 Å². The molecule has 7 aromatic rings. The van der Waals surface area contributed by atoms with E-state index in [9.17, 15) is 8.42 Å². The molecule has 6 aromatic carbocycles. The van der Waals surface area contributed by atoms with Crippen LogP contribution in [0.15, 0.2) is 149 Å². The van der Waals surface area contributed by atoms with Crippen molar-refractivity contribution in [3.63, 3.8) is 0 Å². The highest BCUT2D eigenvalue weighted by Gasteiger charge is 2.18. The topological polar surface area (TPSA) is 57.5 Å². The van der Waals surface area contributed by atoms with Crippen LogP contribution in [0.1, 0.15) is 0 Å². The molecule has 0 fully saturated rings. The molecule has 44 heavy (non-hydrogen) atoms. The molecule has 0 bridgehead atoms. The highest BCUT2D eigenvalue weighted by Crippen LogP contribution is 2.38. The van der Waals surface area contributed by atoms with E-state index in [1.54, 1.807) is 50.6 Å². The number of rotatable bonds is 7. The van der Waals surface area contributed by atoms with Crippen LogP contribution in [0.25, 0.3) is 49.7 Å². The third-order valence-corrected chi connectivity index (χ3v) is 9.86. The SMILES string of the molecule is COc1ccc2c(c1)c1cc(OC)ccc1n2-c1ccc(-c2ccccc2-c2ccc(S(=O)(=O)c3ccccc3)cc2)cc1. The number of ether oxygens (including phenoxy) is 2. The standard InChI is InChI=1S/C38H29NO4S/c1-42-29-18-22-37-35(24-29)36-25-30(43-2)19-23-38(36)39(37)28-16-12-26(13-17-28)33-10-6-7-11-34(33)27-14-20-32(21-15-27)44(40,41)31-8-4-3-5-9-31/h3-25H,1-2H3. The molecule has 1 heterocycles. The van der Waals surface area contributed by atoms with E-state index in [0.29, 0.717) is 0 Å². The first-order valence-corrected chi connectivity index (χ1v) is 15.7. The first-order valence-electron chi connectivity index (χ1n) is 14.2. The van der Waals surface area contributed by atoms with Gasteiger partial charge in [-0.2, -0.15) is 0 Å². The lowest BCUT2D eigenvalue weighted by Crippen LogP contribution is -2.01. The number of aromatic nitrogens is 1. The van der Waals surface area contributed by atoms with E-state index >= 15 is 0 Å². The molecule has 0 atom stereocenters. The van der Waals surface area contributed by atoms with Crippen LogP contribution >= 0.6 is 0 Å². The summed E-state index contributed by atoms with van der Waals surface area (Å²) < 4.78 is 39.5. The van der Waals surface area contributed by atoms with Crippen LogP contribution in [-0.2, 0) is 9.84 Å². The van der Waals surface area contributed by atoms with Crippen LogP contribution in [0.4, 0.5) is 0 Å². The lowest BCUT2D eigenvalue weighted by atomic mass is 9.94. The Kier molecular flexibility index (Phi) is 6.91. The molecule has 0 saturated carbocycles. The smallest absolute Gasteiger partial charge is 0.206 e. The fourth-order valence-corrected chi connectivity index (χ4v) is 7.12. The second-order valence-corrected chi connectivity index (χ2v) is 12.5.